The molecule has 1 aromatic heterocycles. The monoisotopic (exact) mass is 372 g/mol. The van der Waals surface area contributed by atoms with Gasteiger partial charge in [-0.3, -0.25) is 14.7 Å². The number of H-pyrrole nitrogens is 1. The largest absolute Gasteiger partial charge is 0.412 e. The number of aliphatic imine (C=N–C) groups is 1. The van der Waals surface area contributed by atoms with Gasteiger partial charge in [-0.1, -0.05) is 17.8 Å². The molecule has 1 aliphatic rings. The lowest BCUT2D eigenvalue weighted by molar-refractivity contribution is -0.105. The highest BCUT2D eigenvalue weighted by Gasteiger charge is 2.13. The first-order chi connectivity index (χ1) is 12.2. The van der Waals surface area contributed by atoms with Gasteiger partial charge >= 0.3 is 0 Å². The second-order valence-corrected chi connectivity index (χ2v) is 6.10. The number of amides is 1. The van der Waals surface area contributed by atoms with Crippen LogP contribution in [0.25, 0.3) is 0 Å². The van der Waals surface area contributed by atoms with Gasteiger partial charge in [-0.05, 0) is 30.7 Å². The molecular weight excluding hydrogens is 356 g/mol. The normalized spacial score (nSPS) is 13.1. The summed E-state index contributed by atoms with van der Waals surface area (Å²) in [6.07, 6.45) is 7.45. The van der Waals surface area contributed by atoms with Gasteiger partial charge in [0, 0.05) is 22.4 Å². The van der Waals surface area contributed by atoms with Crippen molar-refractivity contribution in [1.29, 1.82) is 0 Å². The Bertz CT molecular complexity index is 889. The van der Waals surface area contributed by atoms with E-state index in [-0.39, 0.29) is 11.4 Å². The topological polar surface area (TPSA) is 158 Å². The number of nitrogens with zero attached hydrogens (tertiary/aromatic N) is 3. The molecule has 0 unspecified atom stereocenters. The third kappa shape index (κ3) is 4.65. The molecule has 0 saturated carbocycles. The van der Waals surface area contributed by atoms with Crippen LogP contribution in [0.15, 0.2) is 63.5 Å². The number of amidine groups is 1. The molecule has 0 atom stereocenters. The van der Waals surface area contributed by atoms with Crippen molar-refractivity contribution < 1.29 is 15.1 Å². The van der Waals surface area contributed by atoms with Crippen molar-refractivity contribution in [1.82, 2.24) is 20.5 Å². The third-order valence-electron chi connectivity index (χ3n) is 3.27. The average molecular weight is 372 g/mol. The first-order valence-corrected chi connectivity index (χ1v) is 8.10. The summed E-state index contributed by atoms with van der Waals surface area (Å²) in [6.45, 7) is 0. The van der Waals surface area contributed by atoms with Crippen LogP contribution in [0.5, 0.6) is 0 Å². The van der Waals surface area contributed by atoms with Gasteiger partial charge in [0.05, 0.1) is 5.56 Å². The summed E-state index contributed by atoms with van der Waals surface area (Å²) in [5.74, 6) is -0.0431. The van der Waals surface area contributed by atoms with Gasteiger partial charge in [-0.2, -0.15) is 5.10 Å². The molecule has 0 spiro atoms. The Balaban J connectivity index is 0.00000243. The quantitative estimate of drug-likeness (QED) is 0.534. The van der Waals surface area contributed by atoms with Crippen molar-refractivity contribution in [2.45, 2.75) is 16.5 Å². The predicted octanol–water partition coefficient (Wildman–Crippen LogP) is 0.884. The fraction of sp³-hybridized carbons (Fsp3) is 0.0625. The maximum Gasteiger partial charge on any atom is 0.258 e. The van der Waals surface area contributed by atoms with Gasteiger partial charge in [-0.15, -0.1) is 0 Å². The molecule has 0 radical (unpaired) electrons. The van der Waals surface area contributed by atoms with Crippen LogP contribution in [0.4, 0.5) is 5.69 Å². The number of aldehydes is 1. The molecule has 9 nitrogen and oxygen atoms in total. The van der Waals surface area contributed by atoms with E-state index in [4.69, 9.17) is 5.73 Å². The number of benzene rings is 1. The summed E-state index contributed by atoms with van der Waals surface area (Å²) in [5.41, 5.74) is 7.13. The highest BCUT2D eigenvalue weighted by molar-refractivity contribution is 7.99. The van der Waals surface area contributed by atoms with E-state index < -0.39 is 0 Å². The summed E-state index contributed by atoms with van der Waals surface area (Å²) >= 11 is 1.33. The number of hydrogen-bond donors (Lipinski definition) is 3. The van der Waals surface area contributed by atoms with Gasteiger partial charge in [0.1, 0.15) is 18.4 Å². The number of hydrogen-bond acceptors (Lipinski definition) is 7. The minimum atomic E-state index is -0.385. The van der Waals surface area contributed by atoms with Crippen molar-refractivity contribution in [3.8, 4) is 0 Å². The summed E-state index contributed by atoms with van der Waals surface area (Å²) < 4.78 is 0. The SMILES string of the molecule is Nc1ccc(Sc2ncn[nH]2)cc1C(=O)NC1=NC=C(C=O)CC=C1.O. The number of allylic oxidation sites excluding steroid dienone is 2. The molecule has 0 fully saturated rings. The van der Waals surface area contributed by atoms with Crippen molar-refractivity contribution in [2.75, 3.05) is 5.73 Å². The van der Waals surface area contributed by atoms with Crippen LogP contribution in [0, 0.1) is 0 Å². The van der Waals surface area contributed by atoms with E-state index in [0.29, 0.717) is 34.2 Å². The molecule has 1 aliphatic heterocycles. The highest BCUT2D eigenvalue weighted by atomic mass is 32.2. The standard InChI is InChI=1S/C16H14N6O2S.H2O/c17-13-5-4-11(25-16-19-9-20-22-16)6-12(13)15(24)21-14-3-1-2-10(8-23)7-18-14;/h1,3-9H,2,17H2,(H,18,21,24)(H,19,20,22);1H2. The Kier molecular flexibility index (Phi) is 6.42. The zero-order valence-corrected chi connectivity index (χ0v) is 14.3. The second kappa shape index (κ2) is 8.74. The lowest BCUT2D eigenvalue weighted by Crippen LogP contribution is -2.29. The molecule has 6 N–H and O–H groups in total. The lowest BCUT2D eigenvalue weighted by Gasteiger charge is -2.08. The number of anilines is 1. The molecule has 2 heterocycles. The molecule has 2 aromatic rings. The molecular formula is C16H16N6O3S. The fourth-order valence-corrected chi connectivity index (χ4v) is 2.78. The van der Waals surface area contributed by atoms with Gasteiger partial charge in [0.25, 0.3) is 5.91 Å². The van der Waals surface area contributed by atoms with Crippen LogP contribution in [-0.2, 0) is 4.79 Å². The maximum absolute atomic E-state index is 12.5. The fourth-order valence-electron chi connectivity index (χ4n) is 2.04. The van der Waals surface area contributed by atoms with E-state index in [1.807, 2.05) is 0 Å². The van der Waals surface area contributed by atoms with E-state index in [9.17, 15) is 9.59 Å². The van der Waals surface area contributed by atoms with Crippen molar-refractivity contribution in [2.24, 2.45) is 4.99 Å². The van der Waals surface area contributed by atoms with Gasteiger partial charge in [0.2, 0.25) is 0 Å². The van der Waals surface area contributed by atoms with Crippen LogP contribution in [0.3, 0.4) is 0 Å². The van der Waals surface area contributed by atoms with Crippen LogP contribution in [0.2, 0.25) is 0 Å². The molecule has 3 rings (SSSR count). The van der Waals surface area contributed by atoms with E-state index >= 15 is 0 Å². The Morgan fingerprint density at radius 1 is 1.38 bits per heavy atom. The predicted molar refractivity (Wildman–Crippen MR) is 97.8 cm³/mol. The molecule has 0 saturated heterocycles. The third-order valence-corrected chi connectivity index (χ3v) is 4.15. The van der Waals surface area contributed by atoms with Gasteiger partial charge in [-0.25, -0.2) is 9.98 Å². The Morgan fingerprint density at radius 2 is 2.23 bits per heavy atom. The summed E-state index contributed by atoms with van der Waals surface area (Å²) in [5, 5.41) is 9.81. The number of aromatic amines is 1. The molecule has 0 aliphatic carbocycles. The molecule has 134 valence electrons. The number of nitrogens with two attached hydrogens (primary N) is 1. The number of aromatic nitrogens is 3. The zero-order valence-electron chi connectivity index (χ0n) is 13.5. The smallest absolute Gasteiger partial charge is 0.258 e. The van der Waals surface area contributed by atoms with Crippen LogP contribution in [-0.4, -0.2) is 38.7 Å². The number of carbonyl (C=O) groups excluding carboxylic acids is 2. The van der Waals surface area contributed by atoms with Gasteiger partial charge in [0.15, 0.2) is 5.16 Å². The van der Waals surface area contributed by atoms with Crippen LogP contribution >= 0.6 is 11.8 Å². The molecule has 1 aromatic carbocycles. The van der Waals surface area contributed by atoms with Gasteiger partial charge < -0.3 is 16.5 Å². The second-order valence-electron chi connectivity index (χ2n) is 5.04. The van der Waals surface area contributed by atoms with E-state index in [0.717, 1.165) is 11.2 Å². The average Bonchev–Trinajstić information content (AvgIpc) is 3.01. The minimum Gasteiger partial charge on any atom is -0.412 e. The molecule has 26 heavy (non-hydrogen) atoms. The molecule has 0 bridgehead atoms. The minimum absolute atomic E-state index is 0. The van der Waals surface area contributed by atoms with Crippen molar-refractivity contribution >= 4 is 35.5 Å². The van der Waals surface area contributed by atoms with E-state index in [1.54, 1.807) is 30.4 Å². The van der Waals surface area contributed by atoms with Crippen LogP contribution < -0.4 is 11.1 Å². The lowest BCUT2D eigenvalue weighted by atomic mass is 10.1. The summed E-state index contributed by atoms with van der Waals surface area (Å²) in [7, 11) is 0. The number of nitrogens with one attached hydrogen (secondary N) is 2. The summed E-state index contributed by atoms with van der Waals surface area (Å²) in [4.78, 5) is 32.2. The molecule has 10 heteroatoms. The summed E-state index contributed by atoms with van der Waals surface area (Å²) in [6, 6.07) is 5.12. The molecule has 1 amide bonds. The van der Waals surface area contributed by atoms with E-state index in [1.165, 1.54) is 24.3 Å². The van der Waals surface area contributed by atoms with Crippen molar-refractivity contribution in [3.63, 3.8) is 0 Å². The number of rotatable bonds is 4. The maximum atomic E-state index is 12.5. The number of carbonyl (C=O) groups is 2. The Morgan fingerprint density at radius 3 is 2.96 bits per heavy atom. The first-order valence-electron chi connectivity index (χ1n) is 7.28. The Hall–Kier alpha value is -3.24. The Labute approximate surface area is 152 Å². The first kappa shape index (κ1) is 19.1. The number of nitrogen functional groups attached to an aromatic ring is 1. The van der Waals surface area contributed by atoms with Crippen molar-refractivity contribution in [3.05, 3.63) is 54.0 Å². The zero-order chi connectivity index (χ0) is 17.6. The van der Waals surface area contributed by atoms with E-state index in [2.05, 4.69) is 25.5 Å². The van der Waals surface area contributed by atoms with Crippen LogP contribution in [0.1, 0.15) is 16.8 Å². The highest BCUT2D eigenvalue weighted by Crippen LogP contribution is 2.27.